The highest BCUT2D eigenvalue weighted by Gasteiger charge is 2.51. The average Bonchev–Trinajstić information content (AvgIpc) is 1.57. The number of nitrogens with one attached hydrogen (secondary N) is 5. The first-order valence-electron chi connectivity index (χ1n) is 37.4. The van der Waals surface area contributed by atoms with E-state index in [1.807, 2.05) is 6.92 Å². The number of esters is 2. The van der Waals surface area contributed by atoms with Crippen LogP contribution >= 0.6 is 11.6 Å². The molecule has 0 fully saturated rings. The molecule has 6 heterocycles. The third kappa shape index (κ3) is 26.1. The number of carbonyl (C=O) groups is 7. The molecular weight excluding hydrogens is 1510 g/mol. The number of aliphatic hydroxyl groups is 1. The summed E-state index contributed by atoms with van der Waals surface area (Å²) in [6.07, 6.45) is 8.82. The van der Waals surface area contributed by atoms with Crippen molar-refractivity contribution in [1.29, 1.82) is 0 Å². The van der Waals surface area contributed by atoms with E-state index in [0.717, 1.165) is 28.3 Å². The van der Waals surface area contributed by atoms with Gasteiger partial charge in [-0.05, 0) is 105 Å². The van der Waals surface area contributed by atoms with Crippen molar-refractivity contribution in [2.24, 2.45) is 5.73 Å². The van der Waals surface area contributed by atoms with Gasteiger partial charge < -0.3 is 94.1 Å². The lowest BCUT2D eigenvalue weighted by Crippen LogP contribution is -2.47. The Labute approximate surface area is 658 Å². The van der Waals surface area contributed by atoms with Gasteiger partial charge in [0.1, 0.15) is 38.2 Å². The number of amides is 5. The predicted octanol–water partition coefficient (Wildman–Crippen LogP) is 2.07. The number of hydrogen-bond donors (Lipinski definition) is 7. The van der Waals surface area contributed by atoms with E-state index < -0.39 is 88.5 Å². The number of carbonyl (C=O) groups excluding carboxylic acids is 7. The van der Waals surface area contributed by atoms with Crippen LogP contribution < -0.4 is 37.9 Å². The molecule has 8 N–H and O–H groups in total. The number of nitrogens with zero attached hydrogens (tertiary/aromatic N) is 7. The Morgan fingerprint density at radius 1 is 0.779 bits per heavy atom. The number of aryl methyl sites for hydroxylation is 1. The van der Waals surface area contributed by atoms with Crippen LogP contribution in [0.25, 0.3) is 22.3 Å². The fourth-order valence-corrected chi connectivity index (χ4v) is 13.4. The van der Waals surface area contributed by atoms with Crippen molar-refractivity contribution >= 4 is 79.5 Å². The Morgan fingerprint density at radius 2 is 1.42 bits per heavy atom. The Bertz CT molecular complexity index is 4480. The number of rotatable bonds is 50. The number of fused-ring (bicyclic) bond motifs is 5. The molecule has 0 saturated carbocycles. The molecule has 2 aromatic carbocycles. The third-order valence-corrected chi connectivity index (χ3v) is 19.6. The van der Waals surface area contributed by atoms with Crippen LogP contribution in [0.4, 0.5) is 5.69 Å². The van der Waals surface area contributed by atoms with Crippen LogP contribution in [-0.4, -0.2) is 240 Å². The van der Waals surface area contributed by atoms with Crippen LogP contribution in [0.15, 0.2) is 64.9 Å². The zero-order chi connectivity index (χ0) is 80.5. The zero-order valence-electron chi connectivity index (χ0n) is 63.6. The summed E-state index contributed by atoms with van der Waals surface area (Å²) in [7, 11) is -3.48. The monoisotopic (exact) mass is 1610 g/mol. The van der Waals surface area contributed by atoms with Gasteiger partial charge in [-0.1, -0.05) is 47.7 Å². The third-order valence-electron chi connectivity index (χ3n) is 18.3. The molecule has 5 amide bonds. The van der Waals surface area contributed by atoms with Crippen molar-refractivity contribution < 1.29 is 99.2 Å². The second-order valence-electron chi connectivity index (χ2n) is 26.5. The number of ether oxygens (including phenoxy) is 11. The van der Waals surface area contributed by atoms with Crippen LogP contribution in [0.3, 0.4) is 0 Å². The minimum Gasteiger partial charge on any atom is -0.457 e. The van der Waals surface area contributed by atoms with Gasteiger partial charge in [-0.15, -0.1) is 5.10 Å². The first-order valence-corrected chi connectivity index (χ1v) is 39.7. The molecule has 2 aliphatic heterocycles. The number of unbranched alkanes of at least 4 members (excludes halogenated alkanes) is 2. The van der Waals surface area contributed by atoms with Gasteiger partial charge >= 0.3 is 11.9 Å². The summed E-state index contributed by atoms with van der Waals surface area (Å²) in [4.78, 5) is 119. The van der Waals surface area contributed by atoms with E-state index in [2.05, 4.69) is 58.7 Å². The van der Waals surface area contributed by atoms with Crippen LogP contribution in [0.5, 0.6) is 0 Å². The highest BCUT2D eigenvalue weighted by molar-refractivity contribution is 7.90. The summed E-state index contributed by atoms with van der Waals surface area (Å²) in [5.74, 6) is 1.80. The molecule has 3 aliphatic rings. The molecule has 6 aromatic rings. The molecule has 37 heteroatoms. The first kappa shape index (κ1) is 87.6. The zero-order valence-corrected chi connectivity index (χ0v) is 65.2. The van der Waals surface area contributed by atoms with Crippen molar-refractivity contribution in [3.8, 4) is 23.2 Å². The predicted molar refractivity (Wildman–Crippen MR) is 406 cm³/mol. The molecule has 9 rings (SSSR count). The van der Waals surface area contributed by atoms with Gasteiger partial charge in [-0.3, -0.25) is 33.6 Å². The molecule has 0 radical (unpaired) electrons. The van der Waals surface area contributed by atoms with Crippen LogP contribution in [-0.2, 0) is 140 Å². The largest absolute Gasteiger partial charge is 0.457 e. The fraction of sp³-hybridized carbons (Fsp3) is 0.539. The summed E-state index contributed by atoms with van der Waals surface area (Å²) in [5, 5.41) is 32.8. The molecule has 0 unspecified atom stereocenters. The van der Waals surface area contributed by atoms with Gasteiger partial charge in [0.15, 0.2) is 0 Å². The molecule has 3 atom stereocenters. The number of nitrogens with two attached hydrogens (primary N) is 1. The van der Waals surface area contributed by atoms with Crippen molar-refractivity contribution in [2.45, 2.75) is 127 Å². The molecule has 0 saturated heterocycles. The number of cyclic esters (lactones) is 1. The molecular formula is C76H98ClN13O22S. The molecule has 113 heavy (non-hydrogen) atoms. The number of aliphatic hydroxyl groups excluding tert-OH is 1. The maximum atomic E-state index is 14.5. The summed E-state index contributed by atoms with van der Waals surface area (Å²) in [6, 6.07) is 8.22. The first-order chi connectivity index (χ1) is 54.7. The van der Waals surface area contributed by atoms with Crippen molar-refractivity contribution in [1.82, 2.24) is 55.8 Å². The van der Waals surface area contributed by atoms with Gasteiger partial charge in [0.2, 0.25) is 50.1 Å². The molecule has 612 valence electrons. The smallest absolute Gasteiger partial charge is 0.355 e. The van der Waals surface area contributed by atoms with Gasteiger partial charge in [-0.25, -0.2) is 32.8 Å². The quantitative estimate of drug-likeness (QED) is 0.0124. The Morgan fingerprint density at radius 3 is 2.04 bits per heavy atom. The summed E-state index contributed by atoms with van der Waals surface area (Å²) in [6.45, 7) is 8.88. The molecule has 35 nitrogen and oxygen atoms in total. The van der Waals surface area contributed by atoms with E-state index in [-0.39, 0.29) is 87.3 Å². The lowest BCUT2D eigenvalue weighted by atomic mass is 9.81. The van der Waals surface area contributed by atoms with Crippen molar-refractivity contribution in [2.75, 3.05) is 150 Å². The van der Waals surface area contributed by atoms with Gasteiger partial charge in [0.05, 0.1) is 172 Å². The summed E-state index contributed by atoms with van der Waals surface area (Å²) < 4.78 is 87.5. The van der Waals surface area contributed by atoms with E-state index in [4.69, 9.17) is 74.4 Å². The van der Waals surface area contributed by atoms with Crippen LogP contribution in [0.2, 0.25) is 5.02 Å². The standard InChI is InChI=1S/C76H98ClN13O22S/c1-4-76(58-39-63-71-56(45-90(63)73(98)57(58)47-111-74(76)99)70-60(84-65(93)46-91)18-17-55-50(2)59(77)40-62(86-71)69(55)70)112-68(96)38-51-13-15-53(16-14-51)83-72(97)61(11-8-9-19-78)85-67(95)49-110-48-66(94)79-20-22-102-24-26-104-28-30-106-32-34-108-36-37-109-35-33-107-31-29-105-27-25-103-23-21-89-44-54(87-88-89)43-80-64(92)12-7-5-6-10-52-41-81-75(82-42-52)113(3,100)101/h13-16,39-42,44,60-61,91H,4-5,7-9,11-12,17-38,43,45-49,78H2,1-3H3,(H,79,94)(H,80,92)(H,83,97)(H,84,93)(H,85,95)/t60-,61-,76-/m0/s1. The Hall–Kier alpha value is -9.33. The van der Waals surface area contributed by atoms with Gasteiger partial charge in [-0.2, -0.15) is 0 Å². The highest BCUT2D eigenvalue weighted by atomic mass is 35.5. The number of aromatic nitrogens is 7. The lowest BCUT2D eigenvalue weighted by Gasteiger charge is -2.35. The van der Waals surface area contributed by atoms with Crippen LogP contribution in [0, 0.1) is 18.8 Å². The number of halogens is 1. The van der Waals surface area contributed by atoms with Crippen molar-refractivity contribution in [3.05, 3.63) is 121 Å². The van der Waals surface area contributed by atoms with E-state index in [1.165, 1.54) is 17.0 Å². The second-order valence-corrected chi connectivity index (χ2v) is 28.8. The van der Waals surface area contributed by atoms with Gasteiger partial charge in [0, 0.05) is 65.3 Å². The topological polar surface area (TPSA) is 453 Å². The molecule has 0 bridgehead atoms. The number of hydrogen-bond acceptors (Lipinski definition) is 28. The van der Waals surface area contributed by atoms with Crippen molar-refractivity contribution in [3.63, 3.8) is 0 Å². The number of benzene rings is 2. The Balaban J connectivity index is 0.554. The SMILES string of the molecule is CC[C@@]1(OC(=O)Cc2ccc(NC(=O)[C@H](CCCCN)NC(=O)COCC(=O)NCCOCCOCCOCCOCCOCCOCCOCCOCCn3cc(CNC(=O)CCCC#Cc4cnc(S(C)(=O)=O)nc4)nn3)cc2)C(=O)OCc2c1cc1n(c2=O)Cc2c-1nc1cc(Cl)c(C)c3c1c2[C@@H](NC(=O)CO)CC3. The maximum Gasteiger partial charge on any atom is 0.355 e. The minimum absolute atomic E-state index is 0.0825. The number of sulfone groups is 1. The fourth-order valence-electron chi connectivity index (χ4n) is 12.7. The Kier molecular flexibility index (Phi) is 34.9. The van der Waals surface area contributed by atoms with Crippen LogP contribution in [0.1, 0.15) is 115 Å². The highest BCUT2D eigenvalue weighted by Crippen LogP contribution is 2.47. The van der Waals surface area contributed by atoms with E-state index in [1.54, 1.807) is 54.2 Å². The normalized spacial score (nSPS) is 14.9. The molecule has 4 aromatic heterocycles. The van der Waals surface area contributed by atoms with Gasteiger partial charge in [0.25, 0.3) is 5.56 Å². The van der Waals surface area contributed by atoms with E-state index in [0.29, 0.717) is 194 Å². The lowest BCUT2D eigenvalue weighted by molar-refractivity contribution is -0.189. The second kappa shape index (κ2) is 44.9. The molecule has 1 aliphatic carbocycles. The van der Waals surface area contributed by atoms with E-state index in [9.17, 15) is 51.9 Å². The summed E-state index contributed by atoms with van der Waals surface area (Å²) in [5.41, 5.74) is 10.2. The maximum absolute atomic E-state index is 14.5. The molecule has 0 spiro atoms. The number of pyridine rings is 2. The minimum atomic E-state index is -3.48. The average molecular weight is 1610 g/mol. The number of anilines is 1. The van der Waals surface area contributed by atoms with E-state index >= 15 is 0 Å². The summed E-state index contributed by atoms with van der Waals surface area (Å²) >= 11 is 6.74.